The van der Waals surface area contributed by atoms with Crippen molar-refractivity contribution in [1.29, 1.82) is 0 Å². The lowest BCUT2D eigenvalue weighted by molar-refractivity contribution is 0.0694. The van der Waals surface area contributed by atoms with Crippen molar-refractivity contribution in [2.24, 2.45) is 0 Å². The molecule has 110 valence electrons. The Balaban J connectivity index is 2.16. The number of amides is 1. The van der Waals surface area contributed by atoms with Crippen LogP contribution in [-0.2, 0) is 0 Å². The van der Waals surface area contributed by atoms with E-state index in [1.165, 1.54) is 0 Å². The summed E-state index contributed by atoms with van der Waals surface area (Å²) in [5.41, 5.74) is 0.850. The molecule has 0 radical (unpaired) electrons. The van der Waals surface area contributed by atoms with Gasteiger partial charge in [-0.15, -0.1) is 11.8 Å². The second-order valence-electron chi connectivity index (χ2n) is 5.54. The first kappa shape index (κ1) is 15.4. The highest BCUT2D eigenvalue weighted by atomic mass is 32.2. The molecule has 2 rings (SSSR count). The predicted molar refractivity (Wildman–Crippen MR) is 85.4 cm³/mol. The van der Waals surface area contributed by atoms with E-state index in [2.05, 4.69) is 25.2 Å². The van der Waals surface area contributed by atoms with Crippen LogP contribution in [0.5, 0.6) is 0 Å². The Bertz CT molecular complexity index is 462. The Labute approximate surface area is 126 Å². The van der Waals surface area contributed by atoms with E-state index in [1.54, 1.807) is 11.8 Å². The van der Waals surface area contributed by atoms with Crippen molar-refractivity contribution in [1.82, 2.24) is 10.2 Å². The summed E-state index contributed by atoms with van der Waals surface area (Å²) in [6, 6.07) is 8.40. The lowest BCUT2D eigenvalue weighted by Gasteiger charge is -2.33. The molecular weight excluding hydrogens is 268 g/mol. The van der Waals surface area contributed by atoms with Crippen LogP contribution in [0.1, 0.15) is 37.0 Å². The molecule has 0 aliphatic carbocycles. The molecule has 4 heteroatoms. The number of nitrogens with zero attached hydrogens (tertiary/aromatic N) is 1. The zero-order valence-electron chi connectivity index (χ0n) is 12.6. The summed E-state index contributed by atoms with van der Waals surface area (Å²) in [6.07, 6.45) is 2.24. The third kappa shape index (κ3) is 3.76. The van der Waals surface area contributed by atoms with E-state index in [0.717, 1.165) is 36.4 Å². The molecule has 1 aromatic carbocycles. The summed E-state index contributed by atoms with van der Waals surface area (Å²) in [4.78, 5) is 15.8. The van der Waals surface area contributed by atoms with Gasteiger partial charge in [-0.2, -0.15) is 0 Å². The van der Waals surface area contributed by atoms with Crippen molar-refractivity contribution in [2.45, 2.75) is 42.9 Å². The molecule has 1 aliphatic rings. The van der Waals surface area contributed by atoms with E-state index in [-0.39, 0.29) is 5.91 Å². The number of hydrogen-bond donors (Lipinski definition) is 1. The van der Waals surface area contributed by atoms with Gasteiger partial charge in [0.05, 0.1) is 5.56 Å². The number of hydrogen-bond acceptors (Lipinski definition) is 3. The second-order valence-corrected chi connectivity index (χ2v) is 7.16. The Morgan fingerprint density at radius 2 is 2.15 bits per heavy atom. The van der Waals surface area contributed by atoms with Crippen LogP contribution in [0, 0.1) is 0 Å². The first-order valence-corrected chi connectivity index (χ1v) is 8.22. The van der Waals surface area contributed by atoms with E-state index >= 15 is 0 Å². The van der Waals surface area contributed by atoms with Crippen molar-refractivity contribution in [3.05, 3.63) is 29.8 Å². The van der Waals surface area contributed by atoms with Crippen LogP contribution >= 0.6 is 11.8 Å². The Kier molecular flexibility index (Phi) is 5.49. The molecule has 0 aromatic heterocycles. The van der Waals surface area contributed by atoms with Crippen molar-refractivity contribution < 1.29 is 4.79 Å². The van der Waals surface area contributed by atoms with Crippen LogP contribution in [0.3, 0.4) is 0 Å². The van der Waals surface area contributed by atoms with Gasteiger partial charge in [0.15, 0.2) is 0 Å². The minimum atomic E-state index is 0.175. The Morgan fingerprint density at radius 3 is 2.85 bits per heavy atom. The number of nitrogens with one attached hydrogen (secondary N) is 1. The molecule has 1 aromatic rings. The monoisotopic (exact) mass is 292 g/mol. The highest BCUT2D eigenvalue weighted by Crippen LogP contribution is 2.28. The van der Waals surface area contributed by atoms with Crippen molar-refractivity contribution in [2.75, 3.05) is 20.1 Å². The van der Waals surface area contributed by atoms with E-state index in [4.69, 9.17) is 0 Å². The number of likely N-dealkylation sites (tertiary alicyclic amines) is 1. The average Bonchev–Trinajstić information content (AvgIpc) is 2.46. The fourth-order valence-corrected chi connectivity index (χ4v) is 3.51. The van der Waals surface area contributed by atoms with Crippen LogP contribution in [-0.4, -0.2) is 42.2 Å². The van der Waals surface area contributed by atoms with Gasteiger partial charge in [0, 0.05) is 29.3 Å². The van der Waals surface area contributed by atoms with E-state index < -0.39 is 0 Å². The van der Waals surface area contributed by atoms with Gasteiger partial charge in [-0.05, 0) is 32.0 Å². The molecule has 1 aliphatic heterocycles. The maximum atomic E-state index is 12.7. The zero-order valence-corrected chi connectivity index (χ0v) is 13.4. The normalized spacial score (nSPS) is 19.4. The molecule has 3 nitrogen and oxygen atoms in total. The highest BCUT2D eigenvalue weighted by Gasteiger charge is 2.25. The molecule has 1 atom stereocenters. The minimum absolute atomic E-state index is 0.175. The Morgan fingerprint density at radius 1 is 1.40 bits per heavy atom. The summed E-state index contributed by atoms with van der Waals surface area (Å²) < 4.78 is 0. The molecule has 1 heterocycles. The van der Waals surface area contributed by atoms with Gasteiger partial charge in [-0.1, -0.05) is 26.0 Å². The van der Waals surface area contributed by atoms with Crippen molar-refractivity contribution in [3.63, 3.8) is 0 Å². The largest absolute Gasteiger partial charge is 0.337 e. The molecule has 1 fully saturated rings. The fourth-order valence-electron chi connectivity index (χ4n) is 2.57. The summed E-state index contributed by atoms with van der Waals surface area (Å²) in [5.74, 6) is 0.175. The van der Waals surface area contributed by atoms with Gasteiger partial charge in [0.2, 0.25) is 0 Å². The smallest absolute Gasteiger partial charge is 0.255 e. The van der Waals surface area contributed by atoms with Crippen molar-refractivity contribution in [3.8, 4) is 0 Å². The SMILES string of the molecule is CNC1CCCN(C(=O)c2ccccc2SC(C)C)C1. The van der Waals surface area contributed by atoms with E-state index in [9.17, 15) is 4.79 Å². The maximum Gasteiger partial charge on any atom is 0.255 e. The molecule has 1 saturated heterocycles. The number of rotatable bonds is 4. The first-order chi connectivity index (χ1) is 9.61. The molecule has 1 N–H and O–H groups in total. The van der Waals surface area contributed by atoms with E-state index in [1.807, 2.05) is 30.1 Å². The van der Waals surface area contributed by atoms with Crippen LogP contribution in [0.2, 0.25) is 0 Å². The summed E-state index contributed by atoms with van der Waals surface area (Å²) in [6.45, 7) is 6.00. The lowest BCUT2D eigenvalue weighted by atomic mass is 10.0. The number of carbonyl (C=O) groups excluding carboxylic acids is 1. The van der Waals surface area contributed by atoms with Crippen LogP contribution in [0.15, 0.2) is 29.2 Å². The molecule has 0 saturated carbocycles. The summed E-state index contributed by atoms with van der Waals surface area (Å²) in [7, 11) is 1.97. The van der Waals surface area contributed by atoms with Gasteiger partial charge in [0.25, 0.3) is 5.91 Å². The standard InChI is InChI=1S/C16H24N2OS/c1-12(2)20-15-9-5-4-8-14(15)16(19)18-10-6-7-13(11-18)17-3/h4-5,8-9,12-13,17H,6-7,10-11H2,1-3H3. The van der Waals surface area contributed by atoms with Gasteiger partial charge < -0.3 is 10.2 Å². The van der Waals surface area contributed by atoms with Gasteiger partial charge in [-0.3, -0.25) is 4.79 Å². The number of thioether (sulfide) groups is 1. The average molecular weight is 292 g/mol. The fraction of sp³-hybridized carbons (Fsp3) is 0.562. The number of carbonyl (C=O) groups is 1. The molecule has 1 amide bonds. The predicted octanol–water partition coefficient (Wildman–Crippen LogP) is 3.01. The van der Waals surface area contributed by atoms with Crippen LogP contribution in [0.25, 0.3) is 0 Å². The molecule has 1 unspecified atom stereocenters. The highest BCUT2D eigenvalue weighted by molar-refractivity contribution is 8.00. The number of benzene rings is 1. The van der Waals surface area contributed by atoms with E-state index in [0.29, 0.717) is 11.3 Å². The molecular formula is C16H24N2OS. The minimum Gasteiger partial charge on any atom is -0.337 e. The van der Waals surface area contributed by atoms with Crippen LogP contribution in [0.4, 0.5) is 0 Å². The van der Waals surface area contributed by atoms with Crippen molar-refractivity contribution >= 4 is 17.7 Å². The quantitative estimate of drug-likeness (QED) is 0.866. The lowest BCUT2D eigenvalue weighted by Crippen LogP contribution is -2.47. The maximum absolute atomic E-state index is 12.7. The topological polar surface area (TPSA) is 32.3 Å². The number of likely N-dealkylation sites (N-methyl/N-ethyl adjacent to an activating group) is 1. The molecule has 0 spiro atoms. The van der Waals surface area contributed by atoms with Crippen LogP contribution < -0.4 is 5.32 Å². The molecule has 20 heavy (non-hydrogen) atoms. The summed E-state index contributed by atoms with van der Waals surface area (Å²) in [5, 5.41) is 3.77. The molecule has 0 bridgehead atoms. The number of piperidine rings is 1. The van der Waals surface area contributed by atoms with Gasteiger partial charge in [0.1, 0.15) is 0 Å². The third-order valence-electron chi connectivity index (χ3n) is 3.60. The zero-order chi connectivity index (χ0) is 14.5. The van der Waals surface area contributed by atoms with Gasteiger partial charge >= 0.3 is 0 Å². The Hall–Kier alpha value is -1.00. The third-order valence-corrected chi connectivity index (χ3v) is 4.68. The first-order valence-electron chi connectivity index (χ1n) is 7.34. The summed E-state index contributed by atoms with van der Waals surface area (Å²) >= 11 is 1.76. The second kappa shape index (κ2) is 7.14. The van der Waals surface area contributed by atoms with Gasteiger partial charge in [-0.25, -0.2) is 0 Å².